The molecule has 0 saturated heterocycles. The molecular formula is C9H12BrNO3S2. The highest BCUT2D eigenvalue weighted by molar-refractivity contribution is 9.10. The van der Waals surface area contributed by atoms with Crippen molar-refractivity contribution in [2.75, 3.05) is 6.26 Å². The zero-order chi connectivity index (χ0) is 12.0. The molecule has 90 valence electrons. The summed E-state index contributed by atoms with van der Waals surface area (Å²) >= 11 is 4.51. The Kier molecular flexibility index (Phi) is 3.15. The minimum atomic E-state index is -3.25. The SMILES string of the molecule is CS(=O)(=O)C1CCCC1(O)c1nc(Br)cs1. The summed E-state index contributed by atoms with van der Waals surface area (Å²) in [5.41, 5.74) is -1.30. The molecule has 2 atom stereocenters. The lowest BCUT2D eigenvalue weighted by molar-refractivity contribution is 0.0473. The Balaban J connectivity index is 2.44. The van der Waals surface area contributed by atoms with Crippen molar-refractivity contribution in [2.24, 2.45) is 0 Å². The molecule has 4 nitrogen and oxygen atoms in total. The van der Waals surface area contributed by atoms with Gasteiger partial charge in [0, 0.05) is 11.6 Å². The van der Waals surface area contributed by atoms with E-state index in [0.29, 0.717) is 28.9 Å². The average Bonchev–Trinajstić information content (AvgIpc) is 2.71. The molecule has 2 rings (SSSR count). The predicted octanol–water partition coefficient (Wildman–Crippen LogP) is 1.69. The van der Waals surface area contributed by atoms with E-state index in [-0.39, 0.29) is 0 Å². The van der Waals surface area contributed by atoms with Crippen LogP contribution in [0.2, 0.25) is 0 Å². The molecule has 1 N–H and O–H groups in total. The molecule has 1 heterocycles. The number of aliphatic hydroxyl groups is 1. The van der Waals surface area contributed by atoms with Crippen LogP contribution in [0.5, 0.6) is 0 Å². The summed E-state index contributed by atoms with van der Waals surface area (Å²) in [4.78, 5) is 4.15. The van der Waals surface area contributed by atoms with Crippen molar-refractivity contribution in [2.45, 2.75) is 30.1 Å². The molecule has 0 radical (unpaired) electrons. The number of hydrogen-bond acceptors (Lipinski definition) is 5. The smallest absolute Gasteiger partial charge is 0.153 e. The standard InChI is InChI=1S/C9H12BrNO3S2/c1-16(13,14)6-3-2-4-9(6,12)8-11-7(10)5-15-8/h5-6,12H,2-4H2,1H3. The first kappa shape index (κ1) is 12.5. The summed E-state index contributed by atoms with van der Waals surface area (Å²) in [6.45, 7) is 0. The summed E-state index contributed by atoms with van der Waals surface area (Å²) in [5, 5.41) is 12.0. The molecule has 1 aromatic rings. The first-order valence-electron chi connectivity index (χ1n) is 4.87. The third kappa shape index (κ3) is 2.05. The Bertz CT molecular complexity index is 499. The van der Waals surface area contributed by atoms with Crippen molar-refractivity contribution >= 4 is 37.1 Å². The number of rotatable bonds is 2. The average molecular weight is 326 g/mol. The molecule has 1 aliphatic rings. The maximum Gasteiger partial charge on any atom is 0.153 e. The molecule has 1 aliphatic carbocycles. The van der Waals surface area contributed by atoms with E-state index in [9.17, 15) is 13.5 Å². The molecule has 16 heavy (non-hydrogen) atoms. The monoisotopic (exact) mass is 325 g/mol. The third-order valence-electron chi connectivity index (χ3n) is 2.92. The van der Waals surface area contributed by atoms with E-state index in [4.69, 9.17) is 0 Å². The van der Waals surface area contributed by atoms with E-state index in [1.807, 2.05) is 0 Å². The topological polar surface area (TPSA) is 67.3 Å². The van der Waals surface area contributed by atoms with Gasteiger partial charge < -0.3 is 5.11 Å². The van der Waals surface area contributed by atoms with Crippen molar-refractivity contribution < 1.29 is 13.5 Å². The van der Waals surface area contributed by atoms with E-state index in [1.165, 1.54) is 17.6 Å². The van der Waals surface area contributed by atoms with E-state index in [2.05, 4.69) is 20.9 Å². The van der Waals surface area contributed by atoms with Crippen LogP contribution in [-0.4, -0.2) is 30.0 Å². The van der Waals surface area contributed by atoms with Crippen LogP contribution in [0.3, 0.4) is 0 Å². The fourth-order valence-electron chi connectivity index (χ4n) is 2.22. The molecule has 0 bridgehead atoms. The molecule has 1 fully saturated rings. The van der Waals surface area contributed by atoms with Crippen LogP contribution in [0.1, 0.15) is 24.3 Å². The van der Waals surface area contributed by atoms with Crippen molar-refractivity contribution in [1.82, 2.24) is 4.98 Å². The van der Waals surface area contributed by atoms with Gasteiger partial charge in [-0.1, -0.05) is 0 Å². The van der Waals surface area contributed by atoms with Crippen molar-refractivity contribution in [3.05, 3.63) is 15.0 Å². The molecule has 2 unspecified atom stereocenters. The van der Waals surface area contributed by atoms with Crippen LogP contribution in [0.15, 0.2) is 9.98 Å². The van der Waals surface area contributed by atoms with Crippen molar-refractivity contribution in [3.8, 4) is 0 Å². The number of thiazole rings is 1. The Morgan fingerprint density at radius 1 is 1.69 bits per heavy atom. The molecule has 1 saturated carbocycles. The van der Waals surface area contributed by atoms with Gasteiger partial charge in [0.1, 0.15) is 15.2 Å². The van der Waals surface area contributed by atoms with Crippen LogP contribution >= 0.6 is 27.3 Å². The molecule has 1 aromatic heterocycles. The lowest BCUT2D eigenvalue weighted by Crippen LogP contribution is -2.39. The van der Waals surface area contributed by atoms with Gasteiger partial charge in [-0.15, -0.1) is 11.3 Å². The van der Waals surface area contributed by atoms with Crippen LogP contribution in [0.4, 0.5) is 0 Å². The van der Waals surface area contributed by atoms with Gasteiger partial charge in [-0.25, -0.2) is 13.4 Å². The molecule has 0 amide bonds. The lowest BCUT2D eigenvalue weighted by atomic mass is 10.0. The quantitative estimate of drug-likeness (QED) is 0.898. The lowest BCUT2D eigenvalue weighted by Gasteiger charge is -2.26. The minimum absolute atomic E-state index is 0.463. The van der Waals surface area contributed by atoms with Crippen LogP contribution in [-0.2, 0) is 15.4 Å². The maximum absolute atomic E-state index is 11.6. The van der Waals surface area contributed by atoms with E-state index >= 15 is 0 Å². The van der Waals surface area contributed by atoms with Crippen LogP contribution < -0.4 is 0 Å². The second-order valence-electron chi connectivity index (χ2n) is 4.11. The fraction of sp³-hybridized carbons (Fsp3) is 0.667. The molecule has 0 aromatic carbocycles. The van der Waals surface area contributed by atoms with Crippen molar-refractivity contribution in [3.63, 3.8) is 0 Å². The minimum Gasteiger partial charge on any atom is -0.381 e. The molecular weight excluding hydrogens is 314 g/mol. The number of nitrogens with zero attached hydrogens (tertiary/aromatic N) is 1. The van der Waals surface area contributed by atoms with Gasteiger partial charge in [0.25, 0.3) is 0 Å². The Morgan fingerprint density at radius 2 is 2.38 bits per heavy atom. The molecule has 7 heteroatoms. The summed E-state index contributed by atoms with van der Waals surface area (Å²) in [6, 6.07) is 0. The zero-order valence-corrected chi connectivity index (χ0v) is 11.9. The highest BCUT2D eigenvalue weighted by Gasteiger charge is 2.49. The number of hydrogen-bond donors (Lipinski definition) is 1. The van der Waals surface area contributed by atoms with Crippen molar-refractivity contribution in [1.29, 1.82) is 0 Å². The maximum atomic E-state index is 11.6. The van der Waals surface area contributed by atoms with Crippen LogP contribution in [0, 0.1) is 0 Å². The second kappa shape index (κ2) is 4.04. The summed E-state index contributed by atoms with van der Waals surface area (Å²) < 4.78 is 23.9. The Labute approximate surface area is 107 Å². The summed E-state index contributed by atoms with van der Waals surface area (Å²) in [5.74, 6) is 0. The summed E-state index contributed by atoms with van der Waals surface area (Å²) in [6.07, 6.45) is 2.86. The molecule has 0 spiro atoms. The van der Waals surface area contributed by atoms with Crippen LogP contribution in [0.25, 0.3) is 0 Å². The highest BCUT2D eigenvalue weighted by Crippen LogP contribution is 2.43. The number of halogens is 1. The third-order valence-corrected chi connectivity index (χ3v) is 6.30. The van der Waals surface area contributed by atoms with Gasteiger partial charge in [0.05, 0.1) is 5.25 Å². The first-order valence-corrected chi connectivity index (χ1v) is 8.49. The van der Waals surface area contributed by atoms with Gasteiger partial charge in [0.2, 0.25) is 0 Å². The largest absolute Gasteiger partial charge is 0.381 e. The Hall–Kier alpha value is 0.0200. The van der Waals surface area contributed by atoms with Gasteiger partial charge in [-0.2, -0.15) is 0 Å². The van der Waals surface area contributed by atoms with Gasteiger partial charge in [-0.05, 0) is 35.2 Å². The van der Waals surface area contributed by atoms with Gasteiger partial charge >= 0.3 is 0 Å². The normalized spacial score (nSPS) is 30.8. The predicted molar refractivity (Wildman–Crippen MR) is 66.2 cm³/mol. The first-order chi connectivity index (χ1) is 7.34. The van der Waals surface area contributed by atoms with Gasteiger partial charge in [-0.3, -0.25) is 0 Å². The second-order valence-corrected chi connectivity index (χ2v) is 8.01. The molecule has 0 aliphatic heterocycles. The number of sulfone groups is 1. The zero-order valence-electron chi connectivity index (χ0n) is 8.68. The Morgan fingerprint density at radius 3 is 2.88 bits per heavy atom. The fourth-order valence-corrected chi connectivity index (χ4v) is 5.27. The van der Waals surface area contributed by atoms with E-state index in [0.717, 1.165) is 0 Å². The number of aromatic nitrogens is 1. The highest BCUT2D eigenvalue weighted by atomic mass is 79.9. The van der Waals surface area contributed by atoms with Gasteiger partial charge in [0.15, 0.2) is 9.84 Å². The van der Waals surface area contributed by atoms with E-state index in [1.54, 1.807) is 5.38 Å². The van der Waals surface area contributed by atoms with E-state index < -0.39 is 20.7 Å². The summed E-state index contributed by atoms with van der Waals surface area (Å²) in [7, 11) is -3.25.